The van der Waals surface area contributed by atoms with E-state index >= 15 is 0 Å². The van der Waals surface area contributed by atoms with E-state index in [9.17, 15) is 4.79 Å². The third-order valence-corrected chi connectivity index (χ3v) is 6.13. The van der Waals surface area contributed by atoms with Crippen molar-refractivity contribution in [3.05, 3.63) is 17.1 Å². The van der Waals surface area contributed by atoms with Gasteiger partial charge < -0.3 is 14.7 Å². The quantitative estimate of drug-likeness (QED) is 0.823. The molecule has 1 aromatic rings. The second-order valence-corrected chi connectivity index (χ2v) is 8.22. The fourth-order valence-corrected chi connectivity index (χ4v) is 4.69. The number of aryl methyl sites for hydroxylation is 1. The predicted molar refractivity (Wildman–Crippen MR) is 102 cm³/mol. The topological polar surface area (TPSA) is 52.6 Å². The molecule has 2 saturated heterocycles. The van der Waals surface area contributed by atoms with E-state index in [0.29, 0.717) is 11.8 Å². The molecule has 1 aromatic heterocycles. The van der Waals surface area contributed by atoms with Crippen LogP contribution in [0.3, 0.4) is 0 Å². The van der Waals surface area contributed by atoms with Gasteiger partial charge in [0.15, 0.2) is 0 Å². The van der Waals surface area contributed by atoms with E-state index in [0.717, 1.165) is 70.8 Å². The van der Waals surface area contributed by atoms with Crippen LogP contribution in [0.1, 0.15) is 42.8 Å². The fourth-order valence-electron chi connectivity index (χ4n) is 4.69. The summed E-state index contributed by atoms with van der Waals surface area (Å²) in [4.78, 5) is 28.6. The Morgan fingerprint density at radius 1 is 1.04 bits per heavy atom. The van der Waals surface area contributed by atoms with E-state index in [1.54, 1.807) is 0 Å². The second-order valence-electron chi connectivity index (χ2n) is 8.22. The van der Waals surface area contributed by atoms with Crippen molar-refractivity contribution in [1.29, 1.82) is 0 Å². The fraction of sp³-hybridized carbons (Fsp3) is 0.750. The van der Waals surface area contributed by atoms with Gasteiger partial charge in [0.25, 0.3) is 0 Å². The van der Waals surface area contributed by atoms with Crippen LogP contribution in [0.2, 0.25) is 0 Å². The molecule has 0 N–H and O–H groups in total. The number of likely N-dealkylation sites (tertiary alicyclic amines) is 1. The van der Waals surface area contributed by atoms with Crippen molar-refractivity contribution < 1.29 is 4.79 Å². The van der Waals surface area contributed by atoms with Crippen LogP contribution in [-0.2, 0) is 17.6 Å². The Morgan fingerprint density at radius 3 is 2.69 bits per heavy atom. The van der Waals surface area contributed by atoms with E-state index in [1.807, 2.05) is 6.92 Å². The van der Waals surface area contributed by atoms with Gasteiger partial charge in [0.1, 0.15) is 11.6 Å². The van der Waals surface area contributed by atoms with Crippen LogP contribution in [0, 0.1) is 12.8 Å². The van der Waals surface area contributed by atoms with E-state index in [4.69, 9.17) is 9.97 Å². The van der Waals surface area contributed by atoms with Gasteiger partial charge in [-0.05, 0) is 45.6 Å². The Bertz CT molecular complexity index is 676. The van der Waals surface area contributed by atoms with Crippen molar-refractivity contribution >= 4 is 11.7 Å². The Kier molecular flexibility index (Phi) is 5.11. The number of hydrogen-bond acceptors (Lipinski definition) is 5. The zero-order valence-corrected chi connectivity index (χ0v) is 16.2. The number of carbonyl (C=O) groups excluding carboxylic acids is 1. The van der Waals surface area contributed by atoms with Crippen LogP contribution in [0.15, 0.2) is 0 Å². The summed E-state index contributed by atoms with van der Waals surface area (Å²) in [6.45, 7) is 8.12. The second kappa shape index (κ2) is 7.51. The summed E-state index contributed by atoms with van der Waals surface area (Å²) in [7, 11) is 2.19. The normalized spacial score (nSPS) is 24.7. The summed E-state index contributed by atoms with van der Waals surface area (Å²) in [5.74, 6) is 2.96. The van der Waals surface area contributed by atoms with Crippen LogP contribution in [0.4, 0.5) is 5.82 Å². The first-order valence-electron chi connectivity index (χ1n) is 10.2. The maximum atomic E-state index is 12.0. The van der Waals surface area contributed by atoms with Crippen LogP contribution in [0.25, 0.3) is 0 Å². The minimum absolute atomic E-state index is 0.344. The molecule has 0 radical (unpaired) electrons. The van der Waals surface area contributed by atoms with E-state index in [-0.39, 0.29) is 0 Å². The number of hydrogen-bond donors (Lipinski definition) is 0. The zero-order valence-electron chi connectivity index (χ0n) is 16.2. The predicted octanol–water partition coefficient (Wildman–Crippen LogP) is 1.65. The lowest BCUT2D eigenvalue weighted by atomic mass is 9.96. The minimum Gasteiger partial charge on any atom is -0.356 e. The van der Waals surface area contributed by atoms with E-state index in [1.165, 1.54) is 29.9 Å². The van der Waals surface area contributed by atoms with Gasteiger partial charge in [-0.2, -0.15) is 0 Å². The number of nitrogens with zero attached hydrogens (tertiary/aromatic N) is 5. The molecule has 4 rings (SSSR count). The van der Waals surface area contributed by atoms with Gasteiger partial charge in [-0.25, -0.2) is 9.97 Å². The monoisotopic (exact) mass is 357 g/mol. The van der Waals surface area contributed by atoms with Crippen molar-refractivity contribution in [1.82, 2.24) is 19.8 Å². The summed E-state index contributed by atoms with van der Waals surface area (Å²) in [6, 6.07) is 0. The standard InChI is InChI=1S/C20H31N5O/c1-15-21-18-8-12-23(2)11-7-17(18)20(22-15)25-10-3-5-16(14-25)13-24-9-4-6-19(24)26/h16H,3-14H2,1-2H3/t16-/m1/s1. The lowest BCUT2D eigenvalue weighted by molar-refractivity contribution is -0.128. The van der Waals surface area contributed by atoms with Crippen molar-refractivity contribution in [2.45, 2.75) is 45.4 Å². The largest absolute Gasteiger partial charge is 0.356 e. The molecule has 3 aliphatic heterocycles. The average molecular weight is 358 g/mol. The van der Waals surface area contributed by atoms with Crippen molar-refractivity contribution in [2.75, 3.05) is 51.2 Å². The molecule has 4 heterocycles. The third-order valence-electron chi connectivity index (χ3n) is 6.13. The van der Waals surface area contributed by atoms with Crippen LogP contribution >= 0.6 is 0 Å². The van der Waals surface area contributed by atoms with E-state index in [2.05, 4.69) is 21.7 Å². The molecule has 0 aromatic carbocycles. The van der Waals surface area contributed by atoms with Gasteiger partial charge in [-0.1, -0.05) is 0 Å². The number of rotatable bonds is 3. The Labute approximate surface area is 156 Å². The lowest BCUT2D eigenvalue weighted by Crippen LogP contribution is -2.42. The molecule has 6 nitrogen and oxygen atoms in total. The summed E-state index contributed by atoms with van der Waals surface area (Å²) in [5, 5.41) is 0. The molecule has 142 valence electrons. The zero-order chi connectivity index (χ0) is 18.1. The number of likely N-dealkylation sites (N-methyl/N-ethyl adjacent to an activating group) is 1. The maximum Gasteiger partial charge on any atom is 0.222 e. The van der Waals surface area contributed by atoms with Gasteiger partial charge in [0, 0.05) is 57.7 Å². The Hall–Kier alpha value is -1.69. The number of anilines is 1. The molecule has 0 saturated carbocycles. The highest BCUT2D eigenvalue weighted by atomic mass is 16.2. The molecular formula is C20H31N5O. The molecule has 1 amide bonds. The van der Waals surface area contributed by atoms with Crippen LogP contribution in [-0.4, -0.2) is 72.0 Å². The Balaban J connectivity index is 1.53. The van der Waals surface area contributed by atoms with Gasteiger partial charge in [-0.3, -0.25) is 4.79 Å². The number of carbonyl (C=O) groups is 1. The highest BCUT2D eigenvalue weighted by Gasteiger charge is 2.29. The molecule has 26 heavy (non-hydrogen) atoms. The van der Waals surface area contributed by atoms with Gasteiger partial charge in [0.2, 0.25) is 5.91 Å². The molecular weight excluding hydrogens is 326 g/mol. The van der Waals surface area contributed by atoms with Gasteiger partial charge >= 0.3 is 0 Å². The molecule has 2 fully saturated rings. The summed E-state index contributed by atoms with van der Waals surface area (Å²) >= 11 is 0. The maximum absolute atomic E-state index is 12.0. The molecule has 0 aliphatic carbocycles. The highest BCUT2D eigenvalue weighted by Crippen LogP contribution is 2.29. The summed E-state index contributed by atoms with van der Waals surface area (Å²) in [6.07, 6.45) is 6.22. The number of fused-ring (bicyclic) bond motifs is 1. The first-order valence-corrected chi connectivity index (χ1v) is 10.2. The van der Waals surface area contributed by atoms with Crippen LogP contribution in [0.5, 0.6) is 0 Å². The van der Waals surface area contributed by atoms with Gasteiger partial charge in [0.05, 0.1) is 5.69 Å². The minimum atomic E-state index is 0.344. The molecule has 6 heteroatoms. The summed E-state index contributed by atoms with van der Waals surface area (Å²) in [5.41, 5.74) is 2.60. The number of piperidine rings is 1. The molecule has 1 atom stereocenters. The smallest absolute Gasteiger partial charge is 0.222 e. The number of amides is 1. The van der Waals surface area contributed by atoms with Crippen LogP contribution < -0.4 is 4.90 Å². The molecule has 3 aliphatic rings. The van der Waals surface area contributed by atoms with Crippen molar-refractivity contribution in [3.63, 3.8) is 0 Å². The van der Waals surface area contributed by atoms with E-state index < -0.39 is 0 Å². The third kappa shape index (κ3) is 3.70. The average Bonchev–Trinajstić information content (AvgIpc) is 2.93. The first kappa shape index (κ1) is 17.7. The van der Waals surface area contributed by atoms with Crippen molar-refractivity contribution in [3.8, 4) is 0 Å². The first-order chi connectivity index (χ1) is 12.6. The van der Waals surface area contributed by atoms with Gasteiger partial charge in [-0.15, -0.1) is 0 Å². The summed E-state index contributed by atoms with van der Waals surface area (Å²) < 4.78 is 0. The molecule has 0 unspecified atom stereocenters. The number of aromatic nitrogens is 2. The lowest BCUT2D eigenvalue weighted by Gasteiger charge is -2.36. The molecule has 0 spiro atoms. The SMILES string of the molecule is Cc1nc2c(c(N3CCC[C@H](CN4CCCC4=O)C3)n1)CCN(C)CC2. The van der Waals surface area contributed by atoms with Crippen molar-refractivity contribution in [2.24, 2.45) is 5.92 Å². The molecule has 0 bridgehead atoms. The Morgan fingerprint density at radius 2 is 1.88 bits per heavy atom. The highest BCUT2D eigenvalue weighted by molar-refractivity contribution is 5.78.